The SMILES string of the molecule is CC(=O)N1CC(Cc2nc3c(C(F)(F)F)cc(C)cc3[nH]2)C1. The van der Waals surface area contributed by atoms with Gasteiger partial charge in [-0.1, -0.05) is 0 Å². The molecule has 2 aromatic rings. The van der Waals surface area contributed by atoms with Crippen LogP contribution in [0.5, 0.6) is 0 Å². The van der Waals surface area contributed by atoms with Crippen LogP contribution in [0.3, 0.4) is 0 Å². The topological polar surface area (TPSA) is 49.0 Å². The average Bonchev–Trinajstić information content (AvgIpc) is 2.72. The van der Waals surface area contributed by atoms with Crippen molar-refractivity contribution < 1.29 is 18.0 Å². The number of aromatic amines is 1. The van der Waals surface area contributed by atoms with Crippen molar-refractivity contribution in [3.05, 3.63) is 29.1 Å². The lowest BCUT2D eigenvalue weighted by Gasteiger charge is -2.38. The Labute approximate surface area is 125 Å². The highest BCUT2D eigenvalue weighted by molar-refractivity contribution is 5.80. The number of hydrogen-bond donors (Lipinski definition) is 1. The molecule has 1 fully saturated rings. The Hall–Kier alpha value is -2.05. The molecule has 1 amide bonds. The van der Waals surface area contributed by atoms with E-state index in [1.807, 2.05) is 0 Å². The number of hydrogen-bond acceptors (Lipinski definition) is 2. The summed E-state index contributed by atoms with van der Waals surface area (Å²) < 4.78 is 39.3. The van der Waals surface area contributed by atoms with E-state index in [-0.39, 0.29) is 17.3 Å². The molecule has 22 heavy (non-hydrogen) atoms. The molecule has 0 spiro atoms. The molecule has 4 nitrogen and oxygen atoms in total. The molecule has 7 heteroatoms. The van der Waals surface area contributed by atoms with E-state index >= 15 is 0 Å². The molecule has 3 rings (SSSR count). The van der Waals surface area contributed by atoms with Crippen LogP contribution in [0.25, 0.3) is 11.0 Å². The van der Waals surface area contributed by atoms with Crippen LogP contribution in [0.4, 0.5) is 13.2 Å². The van der Waals surface area contributed by atoms with Gasteiger partial charge in [0.25, 0.3) is 0 Å². The molecule has 1 aliphatic heterocycles. The number of nitrogens with zero attached hydrogens (tertiary/aromatic N) is 2. The van der Waals surface area contributed by atoms with E-state index in [1.165, 1.54) is 6.92 Å². The zero-order valence-electron chi connectivity index (χ0n) is 12.3. The smallest absolute Gasteiger partial charge is 0.342 e. The Morgan fingerprint density at radius 3 is 2.68 bits per heavy atom. The number of likely N-dealkylation sites (tertiary alicyclic amines) is 1. The first-order valence-electron chi connectivity index (χ1n) is 7.06. The quantitative estimate of drug-likeness (QED) is 0.927. The number of amides is 1. The molecule has 0 saturated carbocycles. The van der Waals surface area contributed by atoms with Gasteiger partial charge in [0.05, 0.1) is 11.1 Å². The number of H-pyrrole nitrogens is 1. The van der Waals surface area contributed by atoms with Crippen LogP contribution < -0.4 is 0 Å². The van der Waals surface area contributed by atoms with Gasteiger partial charge in [-0.2, -0.15) is 13.2 Å². The summed E-state index contributed by atoms with van der Waals surface area (Å²) in [6.45, 7) is 4.41. The van der Waals surface area contributed by atoms with Gasteiger partial charge in [-0.15, -0.1) is 0 Å². The largest absolute Gasteiger partial charge is 0.418 e. The van der Waals surface area contributed by atoms with E-state index in [0.717, 1.165) is 6.07 Å². The lowest BCUT2D eigenvalue weighted by atomic mass is 9.96. The Morgan fingerprint density at radius 2 is 2.09 bits per heavy atom. The summed E-state index contributed by atoms with van der Waals surface area (Å²) >= 11 is 0. The second-order valence-electron chi connectivity index (χ2n) is 5.88. The van der Waals surface area contributed by atoms with E-state index in [0.29, 0.717) is 36.4 Å². The monoisotopic (exact) mass is 311 g/mol. The molecule has 118 valence electrons. The fourth-order valence-corrected chi connectivity index (χ4v) is 2.86. The van der Waals surface area contributed by atoms with E-state index in [1.54, 1.807) is 17.9 Å². The van der Waals surface area contributed by atoms with Crippen molar-refractivity contribution >= 4 is 16.9 Å². The van der Waals surface area contributed by atoms with Crippen LogP contribution in [-0.2, 0) is 17.4 Å². The number of alkyl halides is 3. The maximum Gasteiger partial charge on any atom is 0.418 e. The fraction of sp³-hybridized carbons (Fsp3) is 0.467. The fourth-order valence-electron chi connectivity index (χ4n) is 2.86. The number of nitrogens with one attached hydrogen (secondary N) is 1. The minimum atomic E-state index is -4.42. The number of carbonyl (C=O) groups excluding carboxylic acids is 1. The summed E-state index contributed by atoms with van der Waals surface area (Å²) in [5.74, 6) is 0.815. The van der Waals surface area contributed by atoms with Crippen LogP contribution in [0.2, 0.25) is 0 Å². The second-order valence-corrected chi connectivity index (χ2v) is 5.88. The van der Waals surface area contributed by atoms with Crippen LogP contribution in [-0.4, -0.2) is 33.9 Å². The van der Waals surface area contributed by atoms with Crippen molar-refractivity contribution in [3.8, 4) is 0 Å². The van der Waals surface area contributed by atoms with Gasteiger partial charge in [0, 0.05) is 32.4 Å². The number of benzene rings is 1. The minimum absolute atomic E-state index is 0.0239. The van der Waals surface area contributed by atoms with Crippen molar-refractivity contribution in [2.45, 2.75) is 26.4 Å². The van der Waals surface area contributed by atoms with E-state index in [2.05, 4.69) is 9.97 Å². The van der Waals surface area contributed by atoms with Crippen molar-refractivity contribution in [1.29, 1.82) is 0 Å². The molecule has 0 atom stereocenters. The summed E-state index contributed by atoms with van der Waals surface area (Å²) in [7, 11) is 0. The number of imidazole rings is 1. The standard InChI is InChI=1S/C15H16F3N3O/c1-8-3-11(15(16,17)18)14-12(4-8)19-13(20-14)5-10-6-21(7-10)9(2)22/h3-4,10H,5-7H2,1-2H3,(H,19,20). The van der Waals surface area contributed by atoms with Gasteiger partial charge in [-0.05, 0) is 24.6 Å². The van der Waals surface area contributed by atoms with E-state index in [9.17, 15) is 18.0 Å². The molecule has 1 aromatic heterocycles. The van der Waals surface area contributed by atoms with Crippen molar-refractivity contribution in [2.24, 2.45) is 5.92 Å². The number of carbonyl (C=O) groups is 1. The second kappa shape index (κ2) is 5.00. The average molecular weight is 311 g/mol. The summed E-state index contributed by atoms with van der Waals surface area (Å²) in [6.07, 6.45) is -3.87. The third kappa shape index (κ3) is 2.67. The summed E-state index contributed by atoms with van der Waals surface area (Å²) in [6, 6.07) is 2.79. The molecule has 1 aliphatic rings. The van der Waals surface area contributed by atoms with Gasteiger partial charge in [0.15, 0.2) is 0 Å². The van der Waals surface area contributed by atoms with Crippen molar-refractivity contribution in [2.75, 3.05) is 13.1 Å². The highest BCUT2D eigenvalue weighted by atomic mass is 19.4. The number of aryl methyl sites for hydroxylation is 1. The Balaban J connectivity index is 1.86. The molecular weight excluding hydrogens is 295 g/mol. The summed E-state index contributed by atoms with van der Waals surface area (Å²) in [5.41, 5.74) is 0.214. The molecule has 0 unspecified atom stereocenters. The number of rotatable bonds is 2. The Kier molecular flexibility index (Phi) is 3.38. The first kappa shape index (κ1) is 14.9. The Bertz CT molecular complexity index is 729. The molecular formula is C15H16F3N3O. The number of aromatic nitrogens is 2. The maximum atomic E-state index is 13.1. The molecule has 2 heterocycles. The third-order valence-corrected chi connectivity index (χ3v) is 3.97. The van der Waals surface area contributed by atoms with E-state index in [4.69, 9.17) is 0 Å². The van der Waals surface area contributed by atoms with Gasteiger partial charge in [0.2, 0.25) is 5.91 Å². The van der Waals surface area contributed by atoms with Crippen LogP contribution in [0, 0.1) is 12.8 Å². The lowest BCUT2D eigenvalue weighted by molar-refractivity contribution is -0.136. The normalized spacial score (nSPS) is 16.1. The zero-order chi connectivity index (χ0) is 16.1. The van der Waals surface area contributed by atoms with Gasteiger partial charge < -0.3 is 9.88 Å². The summed E-state index contributed by atoms with van der Waals surface area (Å²) in [4.78, 5) is 20.0. The molecule has 1 aromatic carbocycles. The number of fused-ring (bicyclic) bond motifs is 1. The van der Waals surface area contributed by atoms with Crippen LogP contribution in [0.1, 0.15) is 23.9 Å². The van der Waals surface area contributed by atoms with Gasteiger partial charge >= 0.3 is 6.18 Å². The first-order chi connectivity index (χ1) is 10.2. The summed E-state index contributed by atoms with van der Waals surface area (Å²) in [5, 5.41) is 0. The third-order valence-electron chi connectivity index (χ3n) is 3.97. The lowest BCUT2D eigenvalue weighted by Crippen LogP contribution is -2.49. The zero-order valence-corrected chi connectivity index (χ0v) is 12.3. The van der Waals surface area contributed by atoms with Gasteiger partial charge in [-0.25, -0.2) is 4.98 Å². The Morgan fingerprint density at radius 1 is 1.41 bits per heavy atom. The predicted molar refractivity (Wildman–Crippen MR) is 75.3 cm³/mol. The molecule has 0 radical (unpaired) electrons. The van der Waals surface area contributed by atoms with Crippen LogP contribution in [0.15, 0.2) is 12.1 Å². The highest BCUT2D eigenvalue weighted by Crippen LogP contribution is 2.35. The first-order valence-corrected chi connectivity index (χ1v) is 7.06. The van der Waals surface area contributed by atoms with E-state index < -0.39 is 11.7 Å². The number of halogens is 3. The van der Waals surface area contributed by atoms with Gasteiger partial charge in [-0.3, -0.25) is 4.79 Å². The maximum absolute atomic E-state index is 13.1. The predicted octanol–water partition coefficient (Wildman–Crippen LogP) is 2.91. The molecule has 0 bridgehead atoms. The molecule has 0 aliphatic carbocycles. The van der Waals surface area contributed by atoms with Crippen LogP contribution >= 0.6 is 0 Å². The minimum Gasteiger partial charge on any atom is -0.342 e. The van der Waals surface area contributed by atoms with Crippen molar-refractivity contribution in [1.82, 2.24) is 14.9 Å². The highest BCUT2D eigenvalue weighted by Gasteiger charge is 2.35. The molecule has 1 N–H and O–H groups in total. The molecule has 1 saturated heterocycles. The van der Waals surface area contributed by atoms with Gasteiger partial charge in [0.1, 0.15) is 11.3 Å². The van der Waals surface area contributed by atoms with Crippen molar-refractivity contribution in [3.63, 3.8) is 0 Å².